The molecule has 7 heteroatoms. The molecule has 0 saturated heterocycles. The molecule has 0 spiro atoms. The molecule has 3 nitrogen and oxygen atoms in total. The highest BCUT2D eigenvalue weighted by atomic mass is 32.2. The molecule has 0 bridgehead atoms. The summed E-state index contributed by atoms with van der Waals surface area (Å²) in [5, 5.41) is 12.5. The molecule has 0 aromatic heterocycles. The summed E-state index contributed by atoms with van der Waals surface area (Å²) in [6.07, 6.45) is 5.72. The van der Waals surface area contributed by atoms with Gasteiger partial charge in [-0.2, -0.15) is 13.2 Å². The van der Waals surface area contributed by atoms with Gasteiger partial charge in [-0.15, -0.1) is 0 Å². The number of aliphatic hydroxyl groups excluding tert-OH is 1. The quantitative estimate of drug-likeness (QED) is 0.505. The van der Waals surface area contributed by atoms with Crippen LogP contribution in [0.5, 0.6) is 0 Å². The molecule has 3 unspecified atom stereocenters. The number of rotatable bonds is 9. The molecule has 1 aliphatic rings. The summed E-state index contributed by atoms with van der Waals surface area (Å²) in [5.74, 6) is 1.02. The normalized spacial score (nSPS) is 24.2. The van der Waals surface area contributed by atoms with Gasteiger partial charge in [0.15, 0.2) is 0 Å². The van der Waals surface area contributed by atoms with Crippen LogP contribution in [0.3, 0.4) is 0 Å². The Morgan fingerprint density at radius 1 is 1.38 bits per heavy atom. The Kier molecular flexibility index (Phi) is 8.70. The smallest absolute Gasteiger partial charge is 0.389 e. The molecule has 21 heavy (non-hydrogen) atoms. The molecule has 0 saturated carbocycles. The zero-order valence-electron chi connectivity index (χ0n) is 12.2. The van der Waals surface area contributed by atoms with Crippen molar-refractivity contribution in [2.75, 3.05) is 32.1 Å². The molecular formula is C14H24F3NO2S. The van der Waals surface area contributed by atoms with Gasteiger partial charge in [0, 0.05) is 18.8 Å². The Hall–Kier alpha value is -0.240. The van der Waals surface area contributed by atoms with Gasteiger partial charge in [0.05, 0.1) is 19.3 Å². The van der Waals surface area contributed by atoms with Crippen LogP contribution in [0.4, 0.5) is 13.2 Å². The molecule has 0 heterocycles. The summed E-state index contributed by atoms with van der Waals surface area (Å²) in [4.78, 5) is 0. The van der Waals surface area contributed by atoms with Crippen molar-refractivity contribution in [2.45, 2.75) is 31.4 Å². The van der Waals surface area contributed by atoms with Crippen LogP contribution in [0.15, 0.2) is 12.2 Å². The van der Waals surface area contributed by atoms with Crippen LogP contribution in [0.25, 0.3) is 0 Å². The number of hydrogen-bond donors (Lipinski definition) is 2. The highest BCUT2D eigenvalue weighted by Crippen LogP contribution is 2.29. The zero-order valence-corrected chi connectivity index (χ0v) is 13.1. The first kappa shape index (κ1) is 18.8. The highest BCUT2D eigenvalue weighted by Gasteiger charge is 2.27. The number of hydrogen-bond acceptors (Lipinski definition) is 4. The molecule has 0 fully saturated rings. The van der Waals surface area contributed by atoms with Crippen LogP contribution < -0.4 is 5.32 Å². The van der Waals surface area contributed by atoms with Crippen molar-refractivity contribution in [3.63, 3.8) is 0 Å². The van der Waals surface area contributed by atoms with E-state index in [0.29, 0.717) is 18.4 Å². The Labute approximate surface area is 128 Å². The molecule has 124 valence electrons. The third-order valence-corrected chi connectivity index (χ3v) is 4.22. The van der Waals surface area contributed by atoms with Gasteiger partial charge >= 0.3 is 5.51 Å². The van der Waals surface area contributed by atoms with Crippen molar-refractivity contribution in [3.8, 4) is 0 Å². The molecular weight excluding hydrogens is 303 g/mol. The first-order valence-electron chi connectivity index (χ1n) is 7.20. The molecule has 0 radical (unpaired) electrons. The van der Waals surface area contributed by atoms with Crippen molar-refractivity contribution >= 4 is 11.8 Å². The van der Waals surface area contributed by atoms with E-state index in [4.69, 9.17) is 4.74 Å². The Morgan fingerprint density at radius 2 is 2.10 bits per heavy atom. The third-order valence-electron chi connectivity index (χ3n) is 3.48. The number of alkyl halides is 3. The minimum absolute atomic E-state index is 0.0526. The van der Waals surface area contributed by atoms with Gasteiger partial charge in [0.1, 0.15) is 0 Å². The van der Waals surface area contributed by atoms with E-state index < -0.39 is 11.6 Å². The standard InChI is InChI=1S/C14H24F3NO2S/c1-11-4-2-3-5-12(11)9-20-10-13(19)8-18-6-7-21-14(15,16)17/h2-3,11-13,18-19H,4-10H2,1H3. The van der Waals surface area contributed by atoms with Crippen molar-refractivity contribution < 1.29 is 23.0 Å². The van der Waals surface area contributed by atoms with E-state index in [9.17, 15) is 18.3 Å². The maximum Gasteiger partial charge on any atom is 0.441 e. The number of nitrogens with one attached hydrogen (secondary N) is 1. The first-order chi connectivity index (χ1) is 9.88. The van der Waals surface area contributed by atoms with Gasteiger partial charge in [-0.3, -0.25) is 0 Å². The van der Waals surface area contributed by atoms with Gasteiger partial charge in [0.2, 0.25) is 0 Å². The van der Waals surface area contributed by atoms with Crippen LogP contribution in [-0.2, 0) is 4.74 Å². The predicted molar refractivity (Wildman–Crippen MR) is 79.2 cm³/mol. The largest absolute Gasteiger partial charge is 0.441 e. The molecule has 0 aromatic carbocycles. The lowest BCUT2D eigenvalue weighted by atomic mass is 9.85. The van der Waals surface area contributed by atoms with E-state index in [-0.39, 0.29) is 37.2 Å². The van der Waals surface area contributed by atoms with E-state index in [2.05, 4.69) is 24.4 Å². The van der Waals surface area contributed by atoms with Crippen molar-refractivity contribution in [1.82, 2.24) is 5.32 Å². The van der Waals surface area contributed by atoms with Crippen LogP contribution in [0, 0.1) is 11.8 Å². The highest BCUT2D eigenvalue weighted by molar-refractivity contribution is 8.00. The van der Waals surface area contributed by atoms with E-state index in [0.717, 1.165) is 12.8 Å². The third kappa shape index (κ3) is 9.39. The van der Waals surface area contributed by atoms with Crippen molar-refractivity contribution in [3.05, 3.63) is 12.2 Å². The number of aliphatic hydroxyl groups is 1. The molecule has 0 aliphatic heterocycles. The SMILES string of the molecule is CC1CC=CCC1COCC(O)CNCCSC(F)(F)F. The molecule has 2 N–H and O–H groups in total. The summed E-state index contributed by atoms with van der Waals surface area (Å²) in [6.45, 7) is 3.48. The lowest BCUT2D eigenvalue weighted by Gasteiger charge is -2.25. The summed E-state index contributed by atoms with van der Waals surface area (Å²) in [7, 11) is 0. The van der Waals surface area contributed by atoms with E-state index >= 15 is 0 Å². The zero-order chi connectivity index (χ0) is 15.7. The number of ether oxygens (including phenoxy) is 1. The number of allylic oxidation sites excluding steroid dienone is 2. The van der Waals surface area contributed by atoms with Crippen LogP contribution in [-0.4, -0.2) is 48.8 Å². The number of halogens is 3. The fourth-order valence-corrected chi connectivity index (χ4v) is 2.64. The fourth-order valence-electron chi connectivity index (χ4n) is 2.16. The first-order valence-corrected chi connectivity index (χ1v) is 8.19. The minimum Gasteiger partial charge on any atom is -0.389 e. The predicted octanol–water partition coefficient (Wildman–Crippen LogP) is 2.81. The van der Waals surface area contributed by atoms with Crippen LogP contribution >= 0.6 is 11.8 Å². The van der Waals surface area contributed by atoms with E-state index in [1.165, 1.54) is 0 Å². The average Bonchev–Trinajstić information content (AvgIpc) is 2.39. The summed E-state index contributed by atoms with van der Waals surface area (Å²) in [6, 6.07) is 0. The molecule has 1 aliphatic carbocycles. The van der Waals surface area contributed by atoms with Gasteiger partial charge in [-0.25, -0.2) is 0 Å². The van der Waals surface area contributed by atoms with Gasteiger partial charge < -0.3 is 15.2 Å². The van der Waals surface area contributed by atoms with Crippen molar-refractivity contribution in [2.24, 2.45) is 11.8 Å². The second-order valence-corrected chi connectivity index (χ2v) is 6.53. The molecule has 0 aromatic rings. The van der Waals surface area contributed by atoms with Gasteiger partial charge in [0.25, 0.3) is 0 Å². The Bertz CT molecular complexity index is 313. The Balaban J connectivity index is 1.98. The van der Waals surface area contributed by atoms with Crippen LogP contribution in [0.2, 0.25) is 0 Å². The second kappa shape index (κ2) is 9.71. The lowest BCUT2D eigenvalue weighted by molar-refractivity contribution is -0.0327. The molecule has 1 rings (SSSR count). The Morgan fingerprint density at radius 3 is 2.76 bits per heavy atom. The van der Waals surface area contributed by atoms with Crippen molar-refractivity contribution in [1.29, 1.82) is 0 Å². The lowest BCUT2D eigenvalue weighted by Crippen LogP contribution is -2.33. The summed E-state index contributed by atoms with van der Waals surface area (Å²) < 4.78 is 41.1. The maximum atomic E-state index is 11.9. The average molecular weight is 327 g/mol. The summed E-state index contributed by atoms with van der Waals surface area (Å²) in [5.41, 5.74) is -4.19. The van der Waals surface area contributed by atoms with E-state index in [1.807, 2.05) is 0 Å². The van der Waals surface area contributed by atoms with Crippen LogP contribution in [0.1, 0.15) is 19.8 Å². The number of thioether (sulfide) groups is 1. The minimum atomic E-state index is -4.19. The second-order valence-electron chi connectivity index (χ2n) is 5.37. The van der Waals surface area contributed by atoms with Gasteiger partial charge in [-0.05, 0) is 36.4 Å². The topological polar surface area (TPSA) is 41.5 Å². The fraction of sp³-hybridized carbons (Fsp3) is 0.857. The monoisotopic (exact) mass is 327 g/mol. The summed E-state index contributed by atoms with van der Waals surface area (Å²) >= 11 is -0.0597. The van der Waals surface area contributed by atoms with Gasteiger partial charge in [-0.1, -0.05) is 19.1 Å². The van der Waals surface area contributed by atoms with E-state index in [1.54, 1.807) is 0 Å². The molecule has 0 amide bonds. The molecule has 3 atom stereocenters. The maximum absolute atomic E-state index is 11.9.